The highest BCUT2D eigenvalue weighted by molar-refractivity contribution is 7.20. The molecule has 0 radical (unpaired) electrons. The van der Waals surface area contributed by atoms with Crippen molar-refractivity contribution in [1.82, 2.24) is 4.90 Å². The van der Waals surface area contributed by atoms with E-state index in [1.54, 1.807) is 11.3 Å². The first-order valence-electron chi connectivity index (χ1n) is 6.06. The number of hydrogen-bond donors (Lipinski definition) is 1. The van der Waals surface area contributed by atoms with Crippen LogP contribution in [0.1, 0.15) is 16.9 Å². The first-order chi connectivity index (χ1) is 8.99. The molecule has 0 atom stereocenters. The van der Waals surface area contributed by atoms with Gasteiger partial charge in [-0.15, -0.1) is 11.3 Å². The van der Waals surface area contributed by atoms with Crippen molar-refractivity contribution in [2.24, 2.45) is 0 Å². The van der Waals surface area contributed by atoms with Crippen LogP contribution in [0.3, 0.4) is 0 Å². The number of nitrogens with zero attached hydrogens (tertiary/aromatic N) is 1. The van der Waals surface area contributed by atoms with Crippen molar-refractivity contribution in [2.75, 3.05) is 13.6 Å². The lowest BCUT2D eigenvalue weighted by Crippen LogP contribution is -2.21. The molecular weight excluding hydrogens is 282 g/mol. The number of fused-ring (bicyclic) bond motifs is 1. The van der Waals surface area contributed by atoms with Crippen molar-refractivity contribution in [1.29, 1.82) is 0 Å². The summed E-state index contributed by atoms with van der Waals surface area (Å²) in [4.78, 5) is 13.8. The van der Waals surface area contributed by atoms with Gasteiger partial charge in [0.2, 0.25) is 0 Å². The molecule has 0 aliphatic rings. The zero-order valence-corrected chi connectivity index (χ0v) is 12.5. The summed E-state index contributed by atoms with van der Waals surface area (Å²) in [6.45, 7) is 3.40. The van der Waals surface area contributed by atoms with E-state index >= 15 is 0 Å². The van der Waals surface area contributed by atoms with Gasteiger partial charge in [-0.1, -0.05) is 23.7 Å². The van der Waals surface area contributed by atoms with Gasteiger partial charge in [-0.3, -0.25) is 4.79 Å². The molecule has 1 heterocycles. The Balaban J connectivity index is 2.19. The zero-order valence-electron chi connectivity index (χ0n) is 10.9. The minimum absolute atomic E-state index is 0.168. The van der Waals surface area contributed by atoms with Crippen LogP contribution in [0.4, 0.5) is 0 Å². The number of benzene rings is 1. The van der Waals surface area contributed by atoms with Gasteiger partial charge < -0.3 is 10.0 Å². The van der Waals surface area contributed by atoms with Crippen LogP contribution in [0.5, 0.6) is 0 Å². The fourth-order valence-electron chi connectivity index (χ4n) is 2.02. The summed E-state index contributed by atoms with van der Waals surface area (Å²) in [5, 5.41) is 10.7. The summed E-state index contributed by atoms with van der Waals surface area (Å²) in [7, 11) is 1.94. The standard InChI is InChI=1S/C14H16ClNO2S/c1-9-10-4-3-5-11(15)14(10)19-12(9)8-16(2)7-6-13(17)18/h3-5H,6-8H2,1-2H3,(H,17,18). The summed E-state index contributed by atoms with van der Waals surface area (Å²) in [5.74, 6) is -0.761. The number of carbonyl (C=O) groups is 1. The highest BCUT2D eigenvalue weighted by Crippen LogP contribution is 2.35. The third-order valence-electron chi connectivity index (χ3n) is 3.14. The van der Waals surface area contributed by atoms with Crippen LogP contribution in [0, 0.1) is 6.92 Å². The maximum Gasteiger partial charge on any atom is 0.304 e. The molecule has 0 saturated carbocycles. The lowest BCUT2D eigenvalue weighted by Gasteiger charge is -2.14. The lowest BCUT2D eigenvalue weighted by atomic mass is 10.1. The second-order valence-corrected chi connectivity index (χ2v) is 6.16. The molecule has 5 heteroatoms. The fraction of sp³-hybridized carbons (Fsp3) is 0.357. The smallest absolute Gasteiger partial charge is 0.304 e. The molecule has 2 aromatic rings. The molecule has 2 rings (SSSR count). The van der Waals surface area contributed by atoms with E-state index in [9.17, 15) is 4.79 Å². The Hall–Kier alpha value is -1.10. The molecule has 0 aliphatic heterocycles. The number of halogens is 1. The van der Waals surface area contributed by atoms with Crippen LogP contribution >= 0.6 is 22.9 Å². The van der Waals surface area contributed by atoms with Crippen molar-refractivity contribution in [3.8, 4) is 0 Å². The lowest BCUT2D eigenvalue weighted by molar-refractivity contribution is -0.137. The topological polar surface area (TPSA) is 40.5 Å². The first-order valence-corrected chi connectivity index (χ1v) is 7.25. The van der Waals surface area contributed by atoms with Gasteiger partial charge in [0.25, 0.3) is 0 Å². The third-order valence-corrected chi connectivity index (χ3v) is 4.89. The Bertz CT molecular complexity index is 609. The van der Waals surface area contributed by atoms with Gasteiger partial charge in [-0.25, -0.2) is 0 Å². The second-order valence-electron chi connectivity index (χ2n) is 4.65. The van der Waals surface area contributed by atoms with Crippen LogP contribution in [-0.2, 0) is 11.3 Å². The van der Waals surface area contributed by atoms with E-state index in [1.807, 2.05) is 24.1 Å². The molecule has 1 aromatic heterocycles. The molecule has 1 aromatic carbocycles. The number of thiophene rings is 1. The summed E-state index contributed by atoms with van der Waals surface area (Å²) < 4.78 is 1.11. The molecule has 1 N–H and O–H groups in total. The van der Waals surface area contributed by atoms with Gasteiger partial charge in [0, 0.05) is 18.0 Å². The largest absolute Gasteiger partial charge is 0.481 e. The van der Waals surface area contributed by atoms with Crippen molar-refractivity contribution < 1.29 is 9.90 Å². The predicted octanol–water partition coefficient (Wildman–Crippen LogP) is 3.77. The quantitative estimate of drug-likeness (QED) is 0.913. The zero-order chi connectivity index (χ0) is 14.0. The van der Waals surface area contributed by atoms with E-state index in [4.69, 9.17) is 16.7 Å². The van der Waals surface area contributed by atoms with E-state index in [1.165, 1.54) is 15.8 Å². The fourth-order valence-corrected chi connectivity index (χ4v) is 3.60. The average Bonchev–Trinajstić information content (AvgIpc) is 2.66. The highest BCUT2D eigenvalue weighted by atomic mass is 35.5. The van der Waals surface area contributed by atoms with E-state index in [0.29, 0.717) is 6.54 Å². The Kier molecular flexibility index (Phi) is 4.45. The Morgan fingerprint density at radius 1 is 1.47 bits per heavy atom. The van der Waals surface area contributed by atoms with E-state index in [0.717, 1.165) is 16.3 Å². The summed E-state index contributed by atoms with van der Waals surface area (Å²) in [6, 6.07) is 5.94. The Labute approximate surface area is 121 Å². The van der Waals surface area contributed by atoms with Crippen LogP contribution in [0.2, 0.25) is 5.02 Å². The number of hydrogen-bond acceptors (Lipinski definition) is 3. The van der Waals surface area contributed by atoms with Crippen molar-refractivity contribution >= 4 is 39.0 Å². The maximum atomic E-state index is 10.6. The molecule has 0 bridgehead atoms. The van der Waals surface area contributed by atoms with E-state index in [2.05, 4.69) is 13.0 Å². The predicted molar refractivity (Wildman–Crippen MR) is 80.2 cm³/mol. The van der Waals surface area contributed by atoms with E-state index < -0.39 is 5.97 Å². The minimum Gasteiger partial charge on any atom is -0.481 e. The average molecular weight is 298 g/mol. The summed E-state index contributed by atoms with van der Waals surface area (Å²) in [5.41, 5.74) is 1.24. The molecular formula is C14H16ClNO2S. The number of carboxylic acid groups (broad SMARTS) is 1. The second kappa shape index (κ2) is 5.90. The van der Waals surface area contributed by atoms with Gasteiger partial charge in [0.15, 0.2) is 0 Å². The number of aryl methyl sites for hydroxylation is 1. The third kappa shape index (κ3) is 3.26. The molecule has 0 aliphatic carbocycles. The first kappa shape index (κ1) is 14.3. The van der Waals surface area contributed by atoms with Gasteiger partial charge in [0.1, 0.15) is 0 Å². The van der Waals surface area contributed by atoms with E-state index in [-0.39, 0.29) is 6.42 Å². The molecule has 0 amide bonds. The molecule has 19 heavy (non-hydrogen) atoms. The normalized spacial score (nSPS) is 11.4. The van der Waals surface area contributed by atoms with Crippen molar-refractivity contribution in [2.45, 2.75) is 19.9 Å². The van der Waals surface area contributed by atoms with Crippen molar-refractivity contribution in [3.05, 3.63) is 33.7 Å². The Morgan fingerprint density at radius 2 is 2.21 bits per heavy atom. The highest BCUT2D eigenvalue weighted by Gasteiger charge is 2.12. The summed E-state index contributed by atoms with van der Waals surface area (Å²) in [6.07, 6.45) is 0.168. The molecule has 3 nitrogen and oxygen atoms in total. The molecule has 102 valence electrons. The molecule has 0 fully saturated rings. The SMILES string of the molecule is Cc1c(CN(C)CCC(=O)O)sc2c(Cl)cccc12. The maximum absolute atomic E-state index is 10.6. The molecule has 0 unspecified atom stereocenters. The Morgan fingerprint density at radius 3 is 2.84 bits per heavy atom. The molecule has 0 spiro atoms. The summed E-state index contributed by atoms with van der Waals surface area (Å²) >= 11 is 7.89. The van der Waals surface area contributed by atoms with Gasteiger partial charge in [-0.2, -0.15) is 0 Å². The monoisotopic (exact) mass is 297 g/mol. The number of carboxylic acids is 1. The minimum atomic E-state index is -0.761. The van der Waals surface area contributed by atoms with Crippen LogP contribution in [0.25, 0.3) is 10.1 Å². The van der Waals surface area contributed by atoms with Gasteiger partial charge in [-0.05, 0) is 31.0 Å². The van der Waals surface area contributed by atoms with Crippen LogP contribution in [0.15, 0.2) is 18.2 Å². The van der Waals surface area contributed by atoms with Gasteiger partial charge >= 0.3 is 5.97 Å². The number of aliphatic carboxylic acids is 1. The van der Waals surface area contributed by atoms with Crippen LogP contribution in [-0.4, -0.2) is 29.6 Å². The number of rotatable bonds is 5. The van der Waals surface area contributed by atoms with Crippen molar-refractivity contribution in [3.63, 3.8) is 0 Å². The van der Waals surface area contributed by atoms with Crippen LogP contribution < -0.4 is 0 Å². The van der Waals surface area contributed by atoms with Gasteiger partial charge in [0.05, 0.1) is 16.1 Å². The molecule has 0 saturated heterocycles.